The van der Waals surface area contributed by atoms with Crippen molar-refractivity contribution in [3.63, 3.8) is 0 Å². The van der Waals surface area contributed by atoms with Crippen LogP contribution in [0.3, 0.4) is 0 Å². The van der Waals surface area contributed by atoms with Gasteiger partial charge in [0.2, 0.25) is 0 Å². The Morgan fingerprint density at radius 1 is 1.08 bits per heavy atom. The van der Waals surface area contributed by atoms with E-state index in [2.05, 4.69) is 34.2 Å². The Morgan fingerprint density at radius 2 is 1.42 bits per heavy atom. The lowest BCUT2D eigenvalue weighted by Gasteiger charge is -2.29. The maximum Gasteiger partial charge on any atom is 0.0342 e. The van der Waals surface area contributed by atoms with Crippen LogP contribution in [0.5, 0.6) is 0 Å². The minimum absolute atomic E-state index is 0.424. The van der Waals surface area contributed by atoms with E-state index < -0.39 is 7.59 Å². The quantitative estimate of drug-likeness (QED) is 0.611. The van der Waals surface area contributed by atoms with Crippen LogP contribution in [0.15, 0.2) is 0 Å². The van der Waals surface area contributed by atoms with E-state index in [4.69, 9.17) is 0 Å². The van der Waals surface area contributed by atoms with E-state index in [1.54, 1.807) is 21.8 Å². The van der Waals surface area contributed by atoms with Crippen LogP contribution in [-0.4, -0.2) is 25.9 Å². The van der Waals surface area contributed by atoms with E-state index in [1.165, 1.54) is 0 Å². The zero-order chi connectivity index (χ0) is 9.78. The SMILES string of the molecule is CC(C)C[Si](C)(CC(C)C)[SiH2][SiH3]. The molecule has 0 saturated carbocycles. The third-order valence-electron chi connectivity index (χ3n) is 2.66. The molecule has 3 heteroatoms. The fourth-order valence-electron chi connectivity index (χ4n) is 2.34. The average Bonchev–Trinajstić information content (AvgIpc) is 1.83. The van der Waals surface area contributed by atoms with E-state index in [-0.39, 0.29) is 0 Å². The summed E-state index contributed by atoms with van der Waals surface area (Å²) >= 11 is 0. The molecule has 0 spiro atoms. The molecule has 0 aromatic rings. The summed E-state index contributed by atoms with van der Waals surface area (Å²) < 4.78 is 0. The molecule has 0 rings (SSSR count). The van der Waals surface area contributed by atoms with E-state index in [1.807, 2.05) is 0 Å². The van der Waals surface area contributed by atoms with Crippen molar-refractivity contribution < 1.29 is 0 Å². The van der Waals surface area contributed by atoms with Crippen molar-refractivity contribution in [2.75, 3.05) is 0 Å². The molecular weight excluding hydrogens is 192 g/mol. The van der Waals surface area contributed by atoms with Gasteiger partial charge in [0.15, 0.2) is 0 Å². The molecule has 0 atom stereocenters. The molecule has 0 aliphatic heterocycles. The lowest BCUT2D eigenvalue weighted by Crippen LogP contribution is -2.41. The third kappa shape index (κ3) is 5.32. The molecule has 0 amide bonds. The van der Waals surface area contributed by atoms with Gasteiger partial charge >= 0.3 is 0 Å². The highest BCUT2D eigenvalue weighted by Crippen LogP contribution is 2.23. The van der Waals surface area contributed by atoms with Crippen molar-refractivity contribution in [3.05, 3.63) is 0 Å². The highest BCUT2D eigenvalue weighted by Gasteiger charge is 2.26. The molecule has 0 nitrogen and oxygen atoms in total. The van der Waals surface area contributed by atoms with E-state index in [0.717, 1.165) is 11.8 Å². The second-order valence-corrected chi connectivity index (χ2v) is 24.1. The van der Waals surface area contributed by atoms with Crippen molar-refractivity contribution >= 4 is 25.9 Å². The maximum absolute atomic E-state index is 2.67. The van der Waals surface area contributed by atoms with Crippen LogP contribution in [-0.2, 0) is 0 Å². The Morgan fingerprint density at radius 3 is 1.58 bits per heavy atom. The van der Waals surface area contributed by atoms with E-state index >= 15 is 0 Å². The molecule has 0 fully saturated rings. The number of hydrogen-bond acceptors (Lipinski definition) is 0. The monoisotopic (exact) mass is 218 g/mol. The Hall–Kier alpha value is 0.651. The Balaban J connectivity index is 4.04. The molecule has 0 radical (unpaired) electrons. The van der Waals surface area contributed by atoms with E-state index in [9.17, 15) is 0 Å². The van der Waals surface area contributed by atoms with Gasteiger partial charge in [-0.3, -0.25) is 0 Å². The normalized spacial score (nSPS) is 14.2. The molecule has 0 heterocycles. The van der Waals surface area contributed by atoms with Gasteiger partial charge in [0.05, 0.1) is 0 Å². The van der Waals surface area contributed by atoms with Crippen molar-refractivity contribution in [1.29, 1.82) is 0 Å². The van der Waals surface area contributed by atoms with Crippen LogP contribution in [0.1, 0.15) is 27.7 Å². The Bertz CT molecular complexity index is 111. The fourth-order valence-corrected chi connectivity index (χ4v) is 17.4. The van der Waals surface area contributed by atoms with Gasteiger partial charge in [0, 0.05) is 16.1 Å². The van der Waals surface area contributed by atoms with Gasteiger partial charge in [-0.25, -0.2) is 0 Å². The smallest absolute Gasteiger partial charge is 0.0342 e. The topological polar surface area (TPSA) is 0 Å². The van der Waals surface area contributed by atoms with Gasteiger partial charge < -0.3 is 0 Å². The van der Waals surface area contributed by atoms with Gasteiger partial charge in [0.25, 0.3) is 0 Å². The van der Waals surface area contributed by atoms with Crippen LogP contribution in [0, 0.1) is 11.8 Å². The molecule has 0 N–H and O–H groups in total. The highest BCUT2D eigenvalue weighted by molar-refractivity contribution is 7.39. The zero-order valence-electron chi connectivity index (χ0n) is 9.78. The minimum atomic E-state index is -0.649. The van der Waals surface area contributed by atoms with Crippen molar-refractivity contribution in [2.24, 2.45) is 11.8 Å². The summed E-state index contributed by atoms with van der Waals surface area (Å²) in [4.78, 5) is 0. The van der Waals surface area contributed by atoms with Crippen LogP contribution in [0.25, 0.3) is 0 Å². The van der Waals surface area contributed by atoms with Crippen molar-refractivity contribution in [1.82, 2.24) is 0 Å². The molecule has 0 saturated heterocycles. The molecule has 0 aromatic heterocycles. The molecule has 0 aliphatic carbocycles. The fraction of sp³-hybridized carbons (Fsp3) is 1.00. The summed E-state index contributed by atoms with van der Waals surface area (Å²) in [5.74, 6) is 1.92. The summed E-state index contributed by atoms with van der Waals surface area (Å²) in [6.07, 6.45) is 0. The largest absolute Gasteiger partial charge is 0.0718 e. The summed E-state index contributed by atoms with van der Waals surface area (Å²) in [5.41, 5.74) is 0. The number of hydrogen-bond donors (Lipinski definition) is 0. The van der Waals surface area contributed by atoms with Crippen LogP contribution < -0.4 is 0 Å². The first-order chi connectivity index (χ1) is 5.39. The summed E-state index contributed by atoms with van der Waals surface area (Å²) in [5, 5.41) is 0. The number of rotatable bonds is 5. The standard InChI is InChI=1S/C9H26Si3/c1-8(2)6-12(5,11-10)7-9(3)4/h8-9H,6-7,11H2,1-5,10H3. The molecule has 0 aromatic carbocycles. The summed E-state index contributed by atoms with van der Waals surface area (Å²) in [7, 11) is 1.33. The molecule has 0 aliphatic rings. The van der Waals surface area contributed by atoms with Crippen molar-refractivity contribution in [3.8, 4) is 0 Å². The first-order valence-corrected chi connectivity index (χ1v) is 16.3. The molecule has 74 valence electrons. The summed E-state index contributed by atoms with van der Waals surface area (Å²) in [6, 6.07) is 3.22. The second kappa shape index (κ2) is 5.40. The van der Waals surface area contributed by atoms with Crippen LogP contribution in [0.2, 0.25) is 18.6 Å². The molecular formula is C9H26Si3. The predicted octanol–water partition coefficient (Wildman–Crippen LogP) is 1.32. The van der Waals surface area contributed by atoms with Gasteiger partial charge in [-0.15, -0.1) is 0 Å². The zero-order valence-corrected chi connectivity index (χ0v) is 14.2. The van der Waals surface area contributed by atoms with Gasteiger partial charge in [-0.1, -0.05) is 46.3 Å². The lowest BCUT2D eigenvalue weighted by atomic mass is 10.3. The first-order valence-electron chi connectivity index (χ1n) is 5.39. The molecule has 0 bridgehead atoms. The predicted molar refractivity (Wildman–Crippen MR) is 69.4 cm³/mol. The lowest BCUT2D eigenvalue weighted by molar-refractivity contribution is 0.688. The second-order valence-electron chi connectivity index (χ2n) is 5.36. The van der Waals surface area contributed by atoms with Gasteiger partial charge in [0.1, 0.15) is 0 Å². The van der Waals surface area contributed by atoms with Crippen LogP contribution >= 0.6 is 0 Å². The molecule has 0 unspecified atom stereocenters. The Labute approximate surface area is 84.4 Å². The first kappa shape index (κ1) is 12.7. The van der Waals surface area contributed by atoms with Crippen LogP contribution in [0.4, 0.5) is 0 Å². The van der Waals surface area contributed by atoms with Crippen molar-refractivity contribution in [2.45, 2.75) is 46.3 Å². The average molecular weight is 219 g/mol. The molecule has 12 heavy (non-hydrogen) atoms. The minimum Gasteiger partial charge on any atom is -0.0718 e. The Kier molecular flexibility index (Phi) is 5.69. The van der Waals surface area contributed by atoms with Gasteiger partial charge in [-0.05, 0) is 21.6 Å². The highest BCUT2D eigenvalue weighted by atomic mass is 29.5. The van der Waals surface area contributed by atoms with E-state index in [0.29, 0.717) is 8.55 Å². The third-order valence-corrected chi connectivity index (χ3v) is 30.2. The van der Waals surface area contributed by atoms with Gasteiger partial charge in [-0.2, -0.15) is 0 Å². The summed E-state index contributed by atoms with van der Waals surface area (Å²) in [6.45, 7) is 12.3. The maximum atomic E-state index is 2.67.